The van der Waals surface area contributed by atoms with Crippen LogP contribution in [0.15, 0.2) is 42.5 Å². The van der Waals surface area contributed by atoms with Crippen LogP contribution in [-0.4, -0.2) is 0 Å². The lowest BCUT2D eigenvalue weighted by atomic mass is 10.1. The van der Waals surface area contributed by atoms with E-state index in [2.05, 4.69) is 5.32 Å². The van der Waals surface area contributed by atoms with Gasteiger partial charge < -0.3 is 5.32 Å². The van der Waals surface area contributed by atoms with E-state index in [-0.39, 0.29) is 5.69 Å². The second-order valence-electron chi connectivity index (χ2n) is 3.77. The minimum absolute atomic E-state index is 0.109. The van der Waals surface area contributed by atoms with Crippen molar-refractivity contribution in [2.24, 2.45) is 0 Å². The molecule has 18 heavy (non-hydrogen) atoms. The number of rotatable bonds is 3. The highest BCUT2D eigenvalue weighted by atomic mass is 19.2. The van der Waals surface area contributed by atoms with Gasteiger partial charge in [0.25, 0.3) is 0 Å². The van der Waals surface area contributed by atoms with E-state index >= 15 is 0 Å². The maximum absolute atomic E-state index is 13.4. The number of nitrogens with one attached hydrogen (secondary N) is 1. The van der Waals surface area contributed by atoms with E-state index in [0.717, 1.165) is 11.6 Å². The van der Waals surface area contributed by atoms with Crippen molar-refractivity contribution in [3.8, 4) is 6.07 Å². The van der Waals surface area contributed by atoms with E-state index < -0.39 is 11.6 Å². The summed E-state index contributed by atoms with van der Waals surface area (Å²) in [6.45, 7) is 0.329. The molecule has 4 heteroatoms. The van der Waals surface area contributed by atoms with Crippen LogP contribution in [0.25, 0.3) is 0 Å². The molecule has 2 nitrogen and oxygen atoms in total. The third kappa shape index (κ3) is 2.64. The summed E-state index contributed by atoms with van der Waals surface area (Å²) >= 11 is 0. The average Bonchev–Trinajstić information content (AvgIpc) is 2.41. The molecule has 0 aromatic heterocycles. The average molecular weight is 244 g/mol. The quantitative estimate of drug-likeness (QED) is 0.897. The third-order valence-corrected chi connectivity index (χ3v) is 2.49. The summed E-state index contributed by atoms with van der Waals surface area (Å²) in [5, 5.41) is 11.5. The zero-order valence-corrected chi connectivity index (χ0v) is 9.45. The van der Waals surface area contributed by atoms with Crippen LogP contribution in [0.2, 0.25) is 0 Å². The number of halogens is 2. The van der Waals surface area contributed by atoms with Crippen molar-refractivity contribution in [1.82, 2.24) is 0 Å². The fourth-order valence-electron chi connectivity index (χ4n) is 1.59. The summed E-state index contributed by atoms with van der Waals surface area (Å²) < 4.78 is 26.3. The van der Waals surface area contributed by atoms with Gasteiger partial charge in [-0.1, -0.05) is 18.2 Å². The normalized spacial score (nSPS) is 9.83. The second kappa shape index (κ2) is 5.28. The molecule has 0 spiro atoms. The maximum Gasteiger partial charge on any atom is 0.181 e. The summed E-state index contributed by atoms with van der Waals surface area (Å²) in [4.78, 5) is 0. The standard InChI is InChI=1S/C14H10F2N2/c15-12-5-2-6-13(14(12)16)18-9-11-4-1-3-10(7-11)8-17/h1-7,18H,9H2. The Bertz CT molecular complexity index is 603. The topological polar surface area (TPSA) is 35.8 Å². The van der Waals surface area contributed by atoms with Crippen molar-refractivity contribution in [1.29, 1.82) is 5.26 Å². The SMILES string of the molecule is N#Cc1cccc(CNc2cccc(F)c2F)c1. The third-order valence-electron chi connectivity index (χ3n) is 2.49. The summed E-state index contributed by atoms with van der Waals surface area (Å²) in [5.41, 5.74) is 1.48. The number of hydrogen-bond acceptors (Lipinski definition) is 2. The molecule has 0 saturated carbocycles. The van der Waals surface area contributed by atoms with E-state index in [1.165, 1.54) is 12.1 Å². The van der Waals surface area contributed by atoms with Crippen molar-refractivity contribution >= 4 is 5.69 Å². The second-order valence-corrected chi connectivity index (χ2v) is 3.77. The molecule has 2 aromatic carbocycles. The van der Waals surface area contributed by atoms with Crippen molar-refractivity contribution in [2.75, 3.05) is 5.32 Å². The Kier molecular flexibility index (Phi) is 3.54. The van der Waals surface area contributed by atoms with Gasteiger partial charge in [0.1, 0.15) is 0 Å². The minimum atomic E-state index is -0.895. The molecule has 1 N–H and O–H groups in total. The van der Waals surface area contributed by atoms with Gasteiger partial charge in [0, 0.05) is 6.54 Å². The molecular weight excluding hydrogens is 234 g/mol. The zero-order chi connectivity index (χ0) is 13.0. The Morgan fingerprint density at radius 2 is 1.89 bits per heavy atom. The van der Waals surface area contributed by atoms with Gasteiger partial charge in [-0.2, -0.15) is 5.26 Å². The van der Waals surface area contributed by atoms with Crippen LogP contribution in [0.1, 0.15) is 11.1 Å². The molecule has 0 aliphatic carbocycles. The highest BCUT2D eigenvalue weighted by Crippen LogP contribution is 2.17. The van der Waals surface area contributed by atoms with Crippen LogP contribution in [0.4, 0.5) is 14.5 Å². The fourth-order valence-corrected chi connectivity index (χ4v) is 1.59. The molecule has 2 rings (SSSR count). The van der Waals surface area contributed by atoms with Crippen molar-refractivity contribution in [2.45, 2.75) is 6.54 Å². The van der Waals surface area contributed by atoms with Gasteiger partial charge in [-0.25, -0.2) is 8.78 Å². The Balaban J connectivity index is 2.12. The summed E-state index contributed by atoms with van der Waals surface area (Å²) in [5.74, 6) is -1.78. The predicted molar refractivity (Wildman–Crippen MR) is 64.8 cm³/mol. The van der Waals surface area contributed by atoms with Crippen molar-refractivity contribution < 1.29 is 8.78 Å². The Morgan fingerprint density at radius 3 is 2.67 bits per heavy atom. The summed E-state index contributed by atoms with van der Waals surface area (Å²) in [6.07, 6.45) is 0. The monoisotopic (exact) mass is 244 g/mol. The first-order valence-corrected chi connectivity index (χ1v) is 5.37. The van der Waals surface area contributed by atoms with Crippen molar-refractivity contribution in [3.05, 3.63) is 65.2 Å². The number of anilines is 1. The molecule has 0 aliphatic heterocycles. The predicted octanol–water partition coefficient (Wildman–Crippen LogP) is 3.45. The van der Waals surface area contributed by atoms with Crippen LogP contribution < -0.4 is 5.32 Å². The Hall–Kier alpha value is -2.41. The smallest absolute Gasteiger partial charge is 0.181 e. The van der Waals surface area contributed by atoms with E-state index in [4.69, 9.17) is 5.26 Å². The molecule has 0 atom stereocenters. The van der Waals surface area contributed by atoms with Crippen molar-refractivity contribution in [3.63, 3.8) is 0 Å². The fraction of sp³-hybridized carbons (Fsp3) is 0.0714. The molecule has 0 unspecified atom stereocenters. The van der Waals surface area contributed by atoms with Crippen LogP contribution in [0.3, 0.4) is 0 Å². The first-order valence-electron chi connectivity index (χ1n) is 5.37. The van der Waals surface area contributed by atoms with Crippen LogP contribution >= 0.6 is 0 Å². The Labute approximate surface area is 103 Å². The summed E-state index contributed by atoms with van der Waals surface area (Å²) in [6, 6.07) is 12.9. The van der Waals surface area contributed by atoms with E-state index in [1.54, 1.807) is 18.2 Å². The molecular formula is C14H10F2N2. The van der Waals surface area contributed by atoms with Crippen LogP contribution in [-0.2, 0) is 6.54 Å². The highest BCUT2D eigenvalue weighted by molar-refractivity contribution is 5.46. The molecule has 0 radical (unpaired) electrons. The number of nitrogens with zero attached hydrogens (tertiary/aromatic N) is 1. The van der Waals surface area contributed by atoms with Gasteiger partial charge >= 0.3 is 0 Å². The lowest BCUT2D eigenvalue weighted by Crippen LogP contribution is -2.02. The molecule has 0 aliphatic rings. The summed E-state index contributed by atoms with van der Waals surface area (Å²) in [7, 11) is 0. The number of benzene rings is 2. The van der Waals surface area contributed by atoms with Gasteiger partial charge in [0.2, 0.25) is 0 Å². The van der Waals surface area contributed by atoms with E-state index in [1.807, 2.05) is 12.1 Å². The largest absolute Gasteiger partial charge is 0.379 e. The molecule has 0 heterocycles. The molecule has 90 valence electrons. The minimum Gasteiger partial charge on any atom is -0.379 e. The van der Waals surface area contributed by atoms with Gasteiger partial charge in [-0.05, 0) is 29.8 Å². The molecule has 0 fully saturated rings. The lowest BCUT2D eigenvalue weighted by molar-refractivity contribution is 0.511. The molecule has 2 aromatic rings. The zero-order valence-electron chi connectivity index (χ0n) is 9.45. The Morgan fingerprint density at radius 1 is 1.11 bits per heavy atom. The van der Waals surface area contributed by atoms with Gasteiger partial charge in [0.15, 0.2) is 11.6 Å². The van der Waals surface area contributed by atoms with Crippen LogP contribution in [0, 0.1) is 23.0 Å². The molecule has 0 bridgehead atoms. The number of hydrogen-bond donors (Lipinski definition) is 1. The van der Waals surface area contributed by atoms with E-state index in [9.17, 15) is 8.78 Å². The van der Waals surface area contributed by atoms with Gasteiger partial charge in [-0.15, -0.1) is 0 Å². The first kappa shape index (κ1) is 12.1. The first-order chi connectivity index (χ1) is 8.70. The molecule has 0 amide bonds. The molecule has 0 saturated heterocycles. The number of nitriles is 1. The lowest BCUT2D eigenvalue weighted by Gasteiger charge is -2.08. The maximum atomic E-state index is 13.4. The van der Waals surface area contributed by atoms with E-state index in [0.29, 0.717) is 12.1 Å². The van der Waals surface area contributed by atoms with Gasteiger partial charge in [-0.3, -0.25) is 0 Å². The highest BCUT2D eigenvalue weighted by Gasteiger charge is 2.06. The van der Waals surface area contributed by atoms with Gasteiger partial charge in [0.05, 0.1) is 17.3 Å². The van der Waals surface area contributed by atoms with Crippen LogP contribution in [0.5, 0.6) is 0 Å².